The summed E-state index contributed by atoms with van der Waals surface area (Å²) in [6.45, 7) is 3.69. The summed E-state index contributed by atoms with van der Waals surface area (Å²) in [5.41, 5.74) is 4.35. The van der Waals surface area contributed by atoms with Gasteiger partial charge in [0.15, 0.2) is 0 Å². The first kappa shape index (κ1) is 24.0. The molecule has 6 rings (SSSR count). The molecule has 0 radical (unpaired) electrons. The van der Waals surface area contributed by atoms with Crippen molar-refractivity contribution in [2.45, 2.75) is 13.0 Å². The van der Waals surface area contributed by atoms with Gasteiger partial charge in [0, 0.05) is 53.4 Å². The van der Waals surface area contributed by atoms with Crippen molar-refractivity contribution in [3.63, 3.8) is 0 Å². The normalized spacial score (nSPS) is 13.2. The van der Waals surface area contributed by atoms with Crippen LogP contribution < -0.4 is 25.4 Å². The molecular weight excluding hydrogens is 505 g/mol. The van der Waals surface area contributed by atoms with Crippen LogP contribution in [0.1, 0.15) is 5.69 Å². The maximum Gasteiger partial charge on any atom is 0.279 e. The number of anilines is 3. The molecule has 1 aliphatic heterocycles. The van der Waals surface area contributed by atoms with Crippen LogP contribution in [0.25, 0.3) is 22.2 Å². The molecule has 0 atom stereocenters. The van der Waals surface area contributed by atoms with Gasteiger partial charge in [-0.25, -0.2) is 19.3 Å². The van der Waals surface area contributed by atoms with Gasteiger partial charge in [0.1, 0.15) is 29.5 Å². The molecule has 0 aliphatic carbocycles. The Labute approximate surface area is 222 Å². The van der Waals surface area contributed by atoms with Crippen molar-refractivity contribution in [1.82, 2.24) is 25.3 Å². The monoisotopic (exact) mass is 529 g/mol. The Balaban J connectivity index is 1.22. The molecule has 3 N–H and O–H groups in total. The lowest BCUT2D eigenvalue weighted by Gasteiger charge is -2.29. The van der Waals surface area contributed by atoms with Crippen molar-refractivity contribution in [3.8, 4) is 28.0 Å². The Bertz CT molecular complexity index is 1610. The molecule has 4 heterocycles. The van der Waals surface area contributed by atoms with E-state index in [4.69, 9.17) is 9.47 Å². The van der Waals surface area contributed by atoms with E-state index in [1.807, 2.05) is 36.6 Å². The Morgan fingerprint density at radius 1 is 1.05 bits per heavy atom. The number of halogens is 1. The lowest BCUT2D eigenvalue weighted by molar-refractivity contribution is 0.413. The van der Waals surface area contributed by atoms with Crippen LogP contribution in [-0.4, -0.2) is 46.2 Å². The fraction of sp³-hybridized carbons (Fsp3) is 0.185. The summed E-state index contributed by atoms with van der Waals surface area (Å²) in [7, 11) is 1.62. The van der Waals surface area contributed by atoms with Crippen molar-refractivity contribution in [3.05, 3.63) is 71.9 Å². The van der Waals surface area contributed by atoms with Gasteiger partial charge in [-0.1, -0.05) is 11.3 Å². The molecule has 0 saturated carbocycles. The number of hydrogen-bond donors (Lipinski definition) is 3. The lowest BCUT2D eigenvalue weighted by Crippen LogP contribution is -2.51. The molecule has 0 amide bonds. The Morgan fingerprint density at radius 3 is 2.68 bits per heavy atom. The van der Waals surface area contributed by atoms with Crippen LogP contribution in [0.15, 0.2) is 60.4 Å². The number of thiazole rings is 1. The minimum Gasteiger partial charge on any atom is -0.495 e. The molecule has 11 heteroatoms. The summed E-state index contributed by atoms with van der Waals surface area (Å²) < 4.78 is 26.5. The largest absolute Gasteiger partial charge is 0.495 e. The van der Waals surface area contributed by atoms with E-state index in [1.54, 1.807) is 25.4 Å². The molecule has 1 saturated heterocycles. The van der Waals surface area contributed by atoms with Crippen LogP contribution in [0.3, 0.4) is 0 Å². The Morgan fingerprint density at radius 2 is 1.95 bits per heavy atom. The summed E-state index contributed by atoms with van der Waals surface area (Å²) in [4.78, 5) is 17.5. The summed E-state index contributed by atoms with van der Waals surface area (Å²) in [6, 6.07) is 12.6. The standard InChI is InChI=1S/C27H24FN7O2S/c1-15-3-4-16(10-30-15)24-13-38-27(35-24)37-18-5-6-21(20(28)7-18)34-26-19-8-23(33-17-11-29-12-17)25(36-2)9-22(19)31-14-32-26/h3-10,13-14,17,29,33H,11-12H2,1-2H3,(H,31,32,34). The number of methoxy groups -OCH3 is 1. The van der Waals surface area contributed by atoms with E-state index in [2.05, 4.69) is 35.9 Å². The third-order valence-electron chi connectivity index (χ3n) is 6.19. The van der Waals surface area contributed by atoms with Crippen LogP contribution in [0, 0.1) is 12.7 Å². The molecule has 0 bridgehead atoms. The number of aryl methyl sites for hydroxylation is 1. The zero-order valence-electron chi connectivity index (χ0n) is 20.7. The molecule has 38 heavy (non-hydrogen) atoms. The maximum absolute atomic E-state index is 15.1. The van der Waals surface area contributed by atoms with Crippen LogP contribution >= 0.6 is 11.3 Å². The van der Waals surface area contributed by atoms with Crippen molar-refractivity contribution in [2.75, 3.05) is 30.8 Å². The SMILES string of the molecule is COc1cc2ncnc(Nc3ccc(Oc4nc(-c5ccc(C)nc5)cs4)cc3F)c2cc1NC1CNC1. The van der Waals surface area contributed by atoms with E-state index in [1.165, 1.54) is 23.7 Å². The second-order valence-electron chi connectivity index (χ2n) is 8.85. The van der Waals surface area contributed by atoms with E-state index < -0.39 is 5.82 Å². The van der Waals surface area contributed by atoms with Gasteiger partial charge in [-0.2, -0.15) is 0 Å². The van der Waals surface area contributed by atoms with Crippen molar-refractivity contribution < 1.29 is 13.9 Å². The second-order valence-corrected chi connectivity index (χ2v) is 9.67. The third kappa shape index (κ3) is 4.93. The smallest absolute Gasteiger partial charge is 0.279 e. The molecule has 0 spiro atoms. The number of benzene rings is 2. The van der Waals surface area contributed by atoms with E-state index in [0.29, 0.717) is 34.1 Å². The van der Waals surface area contributed by atoms with Crippen LogP contribution in [0.4, 0.5) is 21.6 Å². The lowest BCUT2D eigenvalue weighted by atomic mass is 10.1. The molecule has 1 fully saturated rings. The van der Waals surface area contributed by atoms with Gasteiger partial charge in [-0.05, 0) is 37.3 Å². The van der Waals surface area contributed by atoms with Gasteiger partial charge >= 0.3 is 0 Å². The highest BCUT2D eigenvalue weighted by Gasteiger charge is 2.19. The number of aromatic nitrogens is 4. The van der Waals surface area contributed by atoms with Gasteiger partial charge in [0.25, 0.3) is 5.19 Å². The maximum atomic E-state index is 15.1. The highest BCUT2D eigenvalue weighted by Crippen LogP contribution is 2.35. The number of pyridine rings is 1. The zero-order chi connectivity index (χ0) is 26.1. The second kappa shape index (κ2) is 10.2. The average Bonchev–Trinajstić information content (AvgIpc) is 3.36. The number of rotatable bonds is 8. The third-order valence-corrected chi connectivity index (χ3v) is 6.90. The summed E-state index contributed by atoms with van der Waals surface area (Å²) >= 11 is 1.34. The number of fused-ring (bicyclic) bond motifs is 1. The van der Waals surface area contributed by atoms with Crippen LogP contribution in [-0.2, 0) is 0 Å². The highest BCUT2D eigenvalue weighted by molar-refractivity contribution is 7.11. The molecule has 5 aromatic rings. The van der Waals surface area contributed by atoms with Gasteiger partial charge in [0.05, 0.1) is 35.7 Å². The van der Waals surface area contributed by atoms with Crippen molar-refractivity contribution in [2.24, 2.45) is 0 Å². The van der Waals surface area contributed by atoms with E-state index in [0.717, 1.165) is 41.1 Å². The Kier molecular flexibility index (Phi) is 6.44. The van der Waals surface area contributed by atoms with Gasteiger partial charge in [-0.15, -0.1) is 0 Å². The number of nitrogens with zero attached hydrogens (tertiary/aromatic N) is 4. The zero-order valence-corrected chi connectivity index (χ0v) is 21.5. The fourth-order valence-electron chi connectivity index (χ4n) is 4.02. The summed E-state index contributed by atoms with van der Waals surface area (Å²) in [5.74, 6) is 1.03. The first-order valence-corrected chi connectivity index (χ1v) is 12.9. The van der Waals surface area contributed by atoms with Gasteiger partial charge in [0.2, 0.25) is 0 Å². The number of nitrogens with one attached hydrogen (secondary N) is 3. The summed E-state index contributed by atoms with van der Waals surface area (Å²) in [6.07, 6.45) is 3.21. The van der Waals surface area contributed by atoms with E-state index in [-0.39, 0.29) is 5.69 Å². The van der Waals surface area contributed by atoms with E-state index >= 15 is 4.39 Å². The van der Waals surface area contributed by atoms with Crippen LogP contribution in [0.5, 0.6) is 16.7 Å². The predicted octanol–water partition coefficient (Wildman–Crippen LogP) is 5.52. The average molecular weight is 530 g/mol. The van der Waals surface area contributed by atoms with E-state index in [9.17, 15) is 0 Å². The first-order chi connectivity index (χ1) is 18.6. The molecule has 1 aliphatic rings. The minimum absolute atomic E-state index is 0.261. The molecule has 3 aromatic heterocycles. The van der Waals surface area contributed by atoms with Crippen LogP contribution in [0.2, 0.25) is 0 Å². The topological polar surface area (TPSA) is 106 Å². The minimum atomic E-state index is -0.485. The predicted molar refractivity (Wildman–Crippen MR) is 146 cm³/mol. The highest BCUT2D eigenvalue weighted by atomic mass is 32.1. The fourth-order valence-corrected chi connectivity index (χ4v) is 4.72. The van der Waals surface area contributed by atoms with Gasteiger partial charge < -0.3 is 25.4 Å². The van der Waals surface area contributed by atoms with Crippen molar-refractivity contribution >= 4 is 39.4 Å². The molecule has 0 unspecified atom stereocenters. The number of hydrogen-bond acceptors (Lipinski definition) is 10. The Hall–Kier alpha value is -4.35. The first-order valence-electron chi connectivity index (χ1n) is 12.0. The van der Waals surface area contributed by atoms with Crippen molar-refractivity contribution in [1.29, 1.82) is 0 Å². The quantitative estimate of drug-likeness (QED) is 0.239. The number of ether oxygens (including phenoxy) is 2. The van der Waals surface area contributed by atoms with Gasteiger partial charge in [-0.3, -0.25) is 4.98 Å². The molecule has 192 valence electrons. The molecule has 9 nitrogen and oxygen atoms in total. The summed E-state index contributed by atoms with van der Waals surface area (Å²) in [5, 5.41) is 12.8. The molecular formula is C27H24FN7O2S. The molecule has 2 aromatic carbocycles.